The van der Waals surface area contributed by atoms with E-state index in [9.17, 15) is 4.79 Å². The first kappa shape index (κ1) is 19.9. The Morgan fingerprint density at radius 1 is 1.00 bits per heavy atom. The van der Waals surface area contributed by atoms with Crippen molar-refractivity contribution in [3.63, 3.8) is 0 Å². The minimum absolute atomic E-state index is 0.158. The minimum Gasteiger partial charge on any atom is -0.423 e. The Morgan fingerprint density at radius 2 is 1.59 bits per heavy atom. The lowest BCUT2D eigenvalue weighted by Crippen LogP contribution is -2.36. The Bertz CT molecular complexity index is 753. The van der Waals surface area contributed by atoms with Crippen molar-refractivity contribution in [3.05, 3.63) is 52.6 Å². The number of fused-ring (bicyclic) bond motifs is 1. The molecule has 0 radical (unpaired) electrons. The minimum atomic E-state index is -0.158. The van der Waals surface area contributed by atoms with Crippen LogP contribution in [0.3, 0.4) is 0 Å². The van der Waals surface area contributed by atoms with Gasteiger partial charge in [-0.1, -0.05) is 77.5 Å². The summed E-state index contributed by atoms with van der Waals surface area (Å²) >= 11 is 0. The number of para-hydroxylation sites is 1. The third kappa shape index (κ3) is 3.77. The van der Waals surface area contributed by atoms with Crippen LogP contribution in [0.15, 0.2) is 41.5 Å². The monoisotopic (exact) mass is 366 g/mol. The van der Waals surface area contributed by atoms with Crippen LogP contribution in [-0.2, 0) is 4.79 Å². The SMILES string of the molecule is CC1=C[C@@H]2C(C(=O)Oc3c(C(C)C)cccc3C(C)C)=C[C@H]1C[C@@H]2C(C)C. The second-order valence-electron chi connectivity index (χ2n) is 9.27. The second-order valence-corrected chi connectivity index (χ2v) is 9.27. The first-order chi connectivity index (χ1) is 12.7. The molecule has 3 aliphatic carbocycles. The first-order valence-corrected chi connectivity index (χ1v) is 10.5. The third-order valence-corrected chi connectivity index (χ3v) is 6.36. The lowest BCUT2D eigenvalue weighted by Gasteiger charge is -2.41. The maximum absolute atomic E-state index is 13.3. The van der Waals surface area contributed by atoms with E-state index >= 15 is 0 Å². The van der Waals surface area contributed by atoms with Crippen LogP contribution >= 0.6 is 0 Å². The molecule has 3 atom stereocenters. The van der Waals surface area contributed by atoms with Crippen LogP contribution in [0, 0.1) is 23.7 Å². The Morgan fingerprint density at radius 3 is 2.07 bits per heavy atom. The molecule has 1 aromatic carbocycles. The van der Waals surface area contributed by atoms with Crippen LogP contribution in [0.25, 0.3) is 0 Å². The molecule has 0 fully saturated rings. The number of carbonyl (C=O) groups excluding carboxylic acids is 1. The number of ether oxygens (including phenoxy) is 1. The number of hydrogen-bond acceptors (Lipinski definition) is 2. The molecule has 27 heavy (non-hydrogen) atoms. The van der Waals surface area contributed by atoms with E-state index in [1.54, 1.807) is 0 Å². The van der Waals surface area contributed by atoms with Crippen LogP contribution in [0.2, 0.25) is 0 Å². The van der Waals surface area contributed by atoms with Crippen molar-refractivity contribution in [1.29, 1.82) is 0 Å². The predicted octanol–water partition coefficient (Wildman–Crippen LogP) is 6.63. The first-order valence-electron chi connectivity index (χ1n) is 10.5. The molecule has 0 saturated heterocycles. The predicted molar refractivity (Wildman–Crippen MR) is 112 cm³/mol. The van der Waals surface area contributed by atoms with E-state index in [0.29, 0.717) is 29.6 Å². The molecule has 2 bridgehead atoms. The molecule has 146 valence electrons. The molecule has 0 amide bonds. The Labute approximate surface area is 164 Å². The van der Waals surface area contributed by atoms with Crippen LogP contribution in [0.1, 0.15) is 77.8 Å². The van der Waals surface area contributed by atoms with Crippen molar-refractivity contribution in [1.82, 2.24) is 0 Å². The summed E-state index contributed by atoms with van der Waals surface area (Å²) in [5.41, 5.74) is 4.49. The molecule has 2 heteroatoms. The molecular weight excluding hydrogens is 332 g/mol. The maximum atomic E-state index is 13.3. The molecule has 0 N–H and O–H groups in total. The quantitative estimate of drug-likeness (QED) is 0.332. The van der Waals surface area contributed by atoms with E-state index in [0.717, 1.165) is 28.9 Å². The Balaban J connectivity index is 1.94. The van der Waals surface area contributed by atoms with Crippen molar-refractivity contribution in [2.24, 2.45) is 23.7 Å². The largest absolute Gasteiger partial charge is 0.423 e. The van der Waals surface area contributed by atoms with Gasteiger partial charge in [-0.05, 0) is 54.1 Å². The molecule has 1 aromatic rings. The van der Waals surface area contributed by atoms with Gasteiger partial charge in [-0.3, -0.25) is 0 Å². The Hall–Kier alpha value is -1.83. The van der Waals surface area contributed by atoms with Crippen molar-refractivity contribution >= 4 is 5.97 Å². The van der Waals surface area contributed by atoms with Gasteiger partial charge in [0.2, 0.25) is 0 Å². The molecule has 0 aliphatic heterocycles. The second kappa shape index (κ2) is 7.66. The fourth-order valence-electron chi connectivity index (χ4n) is 4.65. The van der Waals surface area contributed by atoms with Gasteiger partial charge in [-0.15, -0.1) is 0 Å². The van der Waals surface area contributed by atoms with E-state index < -0.39 is 0 Å². The molecule has 4 rings (SSSR count). The van der Waals surface area contributed by atoms with E-state index in [1.165, 1.54) is 5.57 Å². The van der Waals surface area contributed by atoms with Gasteiger partial charge < -0.3 is 4.74 Å². The Kier molecular flexibility index (Phi) is 5.65. The molecule has 2 nitrogen and oxygen atoms in total. The highest BCUT2D eigenvalue weighted by molar-refractivity contribution is 5.92. The zero-order chi connectivity index (χ0) is 19.9. The van der Waals surface area contributed by atoms with E-state index in [2.05, 4.69) is 78.8 Å². The summed E-state index contributed by atoms with van der Waals surface area (Å²) in [5.74, 6) is 2.91. The van der Waals surface area contributed by atoms with Gasteiger partial charge >= 0.3 is 5.97 Å². The number of allylic oxidation sites excluding steroid dienone is 3. The highest BCUT2D eigenvalue weighted by Crippen LogP contribution is 2.47. The fourth-order valence-corrected chi connectivity index (χ4v) is 4.65. The molecular formula is C25H34O2. The summed E-state index contributed by atoms with van der Waals surface area (Å²) in [4.78, 5) is 13.3. The smallest absolute Gasteiger partial charge is 0.339 e. The molecule has 0 unspecified atom stereocenters. The average molecular weight is 367 g/mol. The van der Waals surface area contributed by atoms with Gasteiger partial charge in [-0.25, -0.2) is 4.79 Å². The van der Waals surface area contributed by atoms with Gasteiger partial charge in [0, 0.05) is 11.5 Å². The lowest BCUT2D eigenvalue weighted by atomic mass is 9.63. The summed E-state index contributed by atoms with van der Waals surface area (Å²) in [6, 6.07) is 6.24. The summed E-state index contributed by atoms with van der Waals surface area (Å²) < 4.78 is 6.12. The van der Waals surface area contributed by atoms with Crippen LogP contribution in [0.4, 0.5) is 0 Å². The molecule has 0 spiro atoms. The van der Waals surface area contributed by atoms with Crippen molar-refractivity contribution < 1.29 is 9.53 Å². The molecule has 3 aliphatic rings. The van der Waals surface area contributed by atoms with Crippen molar-refractivity contribution in [2.75, 3.05) is 0 Å². The van der Waals surface area contributed by atoms with Gasteiger partial charge in [0.1, 0.15) is 5.75 Å². The van der Waals surface area contributed by atoms with E-state index in [1.807, 2.05) is 0 Å². The van der Waals surface area contributed by atoms with Crippen molar-refractivity contribution in [2.45, 2.75) is 66.7 Å². The zero-order valence-electron chi connectivity index (χ0n) is 17.9. The van der Waals surface area contributed by atoms with E-state index in [-0.39, 0.29) is 11.9 Å². The summed E-state index contributed by atoms with van der Waals surface area (Å²) in [6.45, 7) is 15.3. The number of rotatable bonds is 5. The molecule has 0 saturated carbocycles. The topological polar surface area (TPSA) is 26.3 Å². The van der Waals surface area contributed by atoms with Crippen molar-refractivity contribution in [3.8, 4) is 5.75 Å². The summed E-state index contributed by atoms with van der Waals surface area (Å²) in [5, 5.41) is 0. The third-order valence-electron chi connectivity index (χ3n) is 6.36. The molecule has 0 heterocycles. The molecule has 0 aromatic heterocycles. The number of hydrogen-bond donors (Lipinski definition) is 0. The fraction of sp³-hybridized carbons (Fsp3) is 0.560. The number of carbonyl (C=O) groups is 1. The van der Waals surface area contributed by atoms with Gasteiger partial charge in [0.15, 0.2) is 0 Å². The highest BCUT2D eigenvalue weighted by atomic mass is 16.5. The number of esters is 1. The van der Waals surface area contributed by atoms with Gasteiger partial charge in [-0.2, -0.15) is 0 Å². The van der Waals surface area contributed by atoms with Gasteiger partial charge in [0.25, 0.3) is 0 Å². The number of benzene rings is 1. The average Bonchev–Trinajstić information content (AvgIpc) is 2.61. The van der Waals surface area contributed by atoms with Crippen LogP contribution in [-0.4, -0.2) is 5.97 Å². The summed E-state index contributed by atoms with van der Waals surface area (Å²) in [6.07, 6.45) is 5.64. The highest BCUT2D eigenvalue weighted by Gasteiger charge is 2.40. The lowest BCUT2D eigenvalue weighted by molar-refractivity contribution is -0.131. The van der Waals surface area contributed by atoms with Crippen LogP contribution in [0.5, 0.6) is 5.75 Å². The van der Waals surface area contributed by atoms with Gasteiger partial charge in [0.05, 0.1) is 0 Å². The van der Waals surface area contributed by atoms with Crippen LogP contribution < -0.4 is 4.74 Å². The summed E-state index contributed by atoms with van der Waals surface area (Å²) in [7, 11) is 0. The maximum Gasteiger partial charge on any atom is 0.339 e. The van der Waals surface area contributed by atoms with E-state index in [4.69, 9.17) is 4.74 Å². The normalized spacial score (nSPS) is 24.4. The zero-order valence-corrected chi connectivity index (χ0v) is 17.9. The standard InChI is InChI=1S/C25H34O2/c1-14(2)19-9-8-10-20(15(3)4)24(19)27-25(26)23-13-18-12-21(16(5)6)22(23)11-17(18)7/h8-11,13-16,18,21-22H,12H2,1-7H3/t18-,21-,22+/m1/s1.